The Morgan fingerprint density at radius 3 is 2.64 bits per heavy atom. The van der Waals surface area contributed by atoms with E-state index in [9.17, 15) is 4.79 Å². The predicted octanol–water partition coefficient (Wildman–Crippen LogP) is -0.00580. The van der Waals surface area contributed by atoms with Crippen LogP contribution in [0.1, 0.15) is 20.3 Å². The van der Waals surface area contributed by atoms with Crippen LogP contribution in [0.15, 0.2) is 0 Å². The van der Waals surface area contributed by atoms with Crippen molar-refractivity contribution in [1.29, 1.82) is 0 Å². The smallest absolute Gasteiger partial charge is 0.219 e. The zero-order valence-electron chi connectivity index (χ0n) is 6.89. The molecule has 1 atom stereocenters. The fourth-order valence-corrected chi connectivity index (χ4v) is 0.532. The minimum absolute atomic E-state index is 0.260. The van der Waals surface area contributed by atoms with Crippen molar-refractivity contribution in [3.05, 3.63) is 0 Å². The van der Waals surface area contributed by atoms with Crippen LogP contribution in [0.3, 0.4) is 0 Å². The van der Waals surface area contributed by atoms with E-state index in [1.54, 1.807) is 0 Å². The quantitative estimate of drug-likeness (QED) is 0.460. The van der Waals surface area contributed by atoms with E-state index in [0.717, 1.165) is 0 Å². The minimum atomic E-state index is -0.417. The normalized spacial score (nSPS) is 11.5. The molecule has 11 heavy (non-hydrogen) atoms. The number of nitrogens with one attached hydrogen (secondary N) is 1. The Kier molecular flexibility index (Phi) is 4.57. The van der Waals surface area contributed by atoms with Gasteiger partial charge in [0.1, 0.15) is 5.72 Å². The van der Waals surface area contributed by atoms with Crippen LogP contribution < -0.4 is 10.8 Å². The lowest BCUT2D eigenvalue weighted by Crippen LogP contribution is -2.36. The first-order valence-corrected chi connectivity index (χ1v) is 3.96. The van der Waals surface area contributed by atoms with Gasteiger partial charge in [-0.2, -0.15) is 0 Å². The van der Waals surface area contributed by atoms with E-state index in [2.05, 4.69) is 14.5 Å². The van der Waals surface area contributed by atoms with Gasteiger partial charge in [0, 0.05) is 6.42 Å². The molecule has 66 valence electrons. The molecular weight excluding hydrogens is 163 g/mol. The van der Waals surface area contributed by atoms with Gasteiger partial charge >= 0.3 is 0 Å². The molecule has 1 amide bonds. The highest BCUT2D eigenvalue weighted by molar-refractivity contribution is 7.13. The van der Waals surface area contributed by atoms with Crippen LogP contribution >= 0.6 is 9.39 Å². The first kappa shape index (κ1) is 10.8. The highest BCUT2D eigenvalue weighted by atomic mass is 31.0. The van der Waals surface area contributed by atoms with Crippen LogP contribution in [0.2, 0.25) is 0 Å². The van der Waals surface area contributed by atoms with Crippen molar-refractivity contribution in [2.75, 3.05) is 6.61 Å². The molecule has 0 rings (SSSR count). The highest BCUT2D eigenvalue weighted by Gasteiger charge is 2.14. The molecule has 0 radical (unpaired) electrons. The number of amides is 1. The fraction of sp³-hybridized carbons (Fsp3) is 0.833. The van der Waals surface area contributed by atoms with E-state index in [4.69, 9.17) is 10.5 Å². The van der Waals surface area contributed by atoms with Gasteiger partial charge in [0.05, 0.1) is 6.61 Å². The van der Waals surface area contributed by atoms with Gasteiger partial charge in [-0.15, -0.1) is 0 Å². The Balaban J connectivity index is 3.45. The maximum atomic E-state index is 10.3. The largest absolute Gasteiger partial charge is 0.370 e. The number of primary amides is 1. The second kappa shape index (κ2) is 4.65. The molecule has 0 aromatic rings. The molecule has 4 nitrogen and oxygen atoms in total. The number of hydrogen-bond donors (Lipinski definition) is 2. The van der Waals surface area contributed by atoms with Crippen LogP contribution in [0, 0.1) is 0 Å². The summed E-state index contributed by atoms with van der Waals surface area (Å²) in [6.07, 6.45) is 0.260. The number of hydrogen-bond acceptors (Lipinski definition) is 3. The Labute approximate surface area is 69.1 Å². The van der Waals surface area contributed by atoms with Crippen molar-refractivity contribution in [2.45, 2.75) is 26.0 Å². The van der Waals surface area contributed by atoms with Gasteiger partial charge in [-0.3, -0.25) is 9.88 Å². The summed E-state index contributed by atoms with van der Waals surface area (Å²) in [5, 5.41) is 2.86. The summed E-state index contributed by atoms with van der Waals surface area (Å²) in [4.78, 5) is 10.3. The number of nitrogens with two attached hydrogens (primary N) is 1. The summed E-state index contributed by atoms with van der Waals surface area (Å²) in [5.74, 6) is -0.343. The lowest BCUT2D eigenvalue weighted by molar-refractivity contribution is -0.120. The summed E-state index contributed by atoms with van der Waals surface area (Å²) in [6, 6.07) is 0. The van der Waals surface area contributed by atoms with E-state index in [-0.39, 0.29) is 12.3 Å². The van der Waals surface area contributed by atoms with Crippen LogP contribution in [0.5, 0.6) is 0 Å². The summed E-state index contributed by atoms with van der Waals surface area (Å²) in [7, 11) is 2.35. The molecule has 5 heteroatoms. The van der Waals surface area contributed by atoms with Crippen LogP contribution in [-0.4, -0.2) is 18.2 Å². The summed E-state index contributed by atoms with van der Waals surface area (Å²) in [5.41, 5.74) is 4.50. The third-order valence-electron chi connectivity index (χ3n) is 1.16. The van der Waals surface area contributed by atoms with E-state index < -0.39 is 5.72 Å². The number of carbonyl (C=O) groups is 1. The third-order valence-corrected chi connectivity index (χ3v) is 1.85. The van der Waals surface area contributed by atoms with Crippen LogP contribution in [0.4, 0.5) is 0 Å². The highest BCUT2D eigenvalue weighted by Crippen LogP contribution is 2.06. The molecule has 0 aromatic heterocycles. The van der Waals surface area contributed by atoms with Gasteiger partial charge < -0.3 is 10.5 Å². The maximum Gasteiger partial charge on any atom is 0.219 e. The van der Waals surface area contributed by atoms with Gasteiger partial charge in [-0.25, -0.2) is 0 Å². The van der Waals surface area contributed by atoms with Gasteiger partial charge in [0.15, 0.2) is 0 Å². The Morgan fingerprint density at radius 1 is 1.73 bits per heavy atom. The second-order valence-electron chi connectivity index (χ2n) is 2.72. The van der Waals surface area contributed by atoms with Gasteiger partial charge in [0.2, 0.25) is 5.91 Å². The topological polar surface area (TPSA) is 64.3 Å². The third kappa shape index (κ3) is 6.23. The van der Waals surface area contributed by atoms with E-state index in [0.29, 0.717) is 6.61 Å². The maximum absolute atomic E-state index is 10.3. The molecule has 0 spiro atoms. The molecular formula is C6H15N2O2P. The molecule has 0 bridgehead atoms. The zero-order valence-corrected chi connectivity index (χ0v) is 8.04. The molecule has 0 fully saturated rings. The Hall–Kier alpha value is -0.180. The minimum Gasteiger partial charge on any atom is -0.370 e. The molecule has 0 saturated carbocycles. The average molecular weight is 178 g/mol. The van der Waals surface area contributed by atoms with Crippen molar-refractivity contribution in [1.82, 2.24) is 5.09 Å². The van der Waals surface area contributed by atoms with Gasteiger partial charge in [-0.1, -0.05) is 9.39 Å². The molecule has 1 unspecified atom stereocenters. The lowest BCUT2D eigenvalue weighted by atomic mass is 10.3. The molecule has 0 aliphatic heterocycles. The fourth-order valence-electron chi connectivity index (χ4n) is 0.448. The summed E-state index contributed by atoms with van der Waals surface area (Å²) >= 11 is 0. The molecule has 0 saturated heterocycles. The molecule has 0 aromatic carbocycles. The van der Waals surface area contributed by atoms with Crippen molar-refractivity contribution in [3.63, 3.8) is 0 Å². The monoisotopic (exact) mass is 178 g/mol. The summed E-state index contributed by atoms with van der Waals surface area (Å²) in [6.45, 7) is 4.08. The molecule has 0 heterocycles. The lowest BCUT2D eigenvalue weighted by Gasteiger charge is -2.23. The zero-order chi connectivity index (χ0) is 8.91. The Bertz CT molecular complexity index is 139. The first-order chi connectivity index (χ1) is 4.98. The number of carbonyl (C=O) groups excluding carboxylic acids is 1. The standard InChI is InChI=1S/C6H15N2O2P/c1-6(2,8-11)10-4-3-5(7)9/h8H,3-4,11H2,1-2H3,(H2,7,9). The van der Waals surface area contributed by atoms with Crippen molar-refractivity contribution in [2.24, 2.45) is 5.73 Å². The van der Waals surface area contributed by atoms with Crippen LogP contribution in [0.25, 0.3) is 0 Å². The molecule has 0 aliphatic carbocycles. The predicted molar refractivity (Wildman–Crippen MR) is 46.7 cm³/mol. The van der Waals surface area contributed by atoms with Gasteiger partial charge in [0.25, 0.3) is 0 Å². The SMILES string of the molecule is CC(C)(NP)OCCC(N)=O. The molecule has 0 aliphatic rings. The van der Waals surface area contributed by atoms with Crippen LogP contribution in [-0.2, 0) is 9.53 Å². The van der Waals surface area contributed by atoms with Crippen molar-refractivity contribution < 1.29 is 9.53 Å². The van der Waals surface area contributed by atoms with Crippen molar-refractivity contribution >= 4 is 15.3 Å². The number of rotatable bonds is 5. The Morgan fingerprint density at radius 2 is 2.27 bits per heavy atom. The second-order valence-corrected chi connectivity index (χ2v) is 3.01. The average Bonchev–Trinajstić information content (AvgIpc) is 1.87. The van der Waals surface area contributed by atoms with Gasteiger partial charge in [-0.05, 0) is 13.8 Å². The molecule has 3 N–H and O–H groups in total. The van der Waals surface area contributed by atoms with E-state index in [1.807, 2.05) is 13.8 Å². The van der Waals surface area contributed by atoms with E-state index >= 15 is 0 Å². The first-order valence-electron chi connectivity index (χ1n) is 3.38. The van der Waals surface area contributed by atoms with E-state index in [1.165, 1.54) is 0 Å². The number of ether oxygens (including phenoxy) is 1. The van der Waals surface area contributed by atoms with Crippen molar-refractivity contribution in [3.8, 4) is 0 Å². The summed E-state index contributed by atoms with van der Waals surface area (Å²) < 4.78 is 5.26.